The van der Waals surface area contributed by atoms with E-state index in [0.717, 1.165) is 32.1 Å². The highest BCUT2D eigenvalue weighted by molar-refractivity contribution is 5.82. The lowest BCUT2D eigenvalue weighted by molar-refractivity contribution is -0.138. The van der Waals surface area contributed by atoms with Crippen molar-refractivity contribution in [2.75, 3.05) is 6.54 Å². The molecule has 1 saturated carbocycles. The molecular formula is C16H32N2O3. The SMILES string of the molecule is CCCCCC1CCCC1=O.NCCCC[C@H](N)C(=O)O. The predicted octanol–water partition coefficient (Wildman–Crippen LogP) is 2.46. The number of aliphatic carboxylic acids is 1. The van der Waals surface area contributed by atoms with Crippen molar-refractivity contribution < 1.29 is 14.7 Å². The van der Waals surface area contributed by atoms with Gasteiger partial charge in [0.05, 0.1) is 0 Å². The first-order valence-electron chi connectivity index (χ1n) is 8.24. The zero-order valence-corrected chi connectivity index (χ0v) is 13.4. The quantitative estimate of drug-likeness (QED) is 0.567. The van der Waals surface area contributed by atoms with Crippen LogP contribution in [0.1, 0.15) is 71.1 Å². The van der Waals surface area contributed by atoms with Crippen molar-refractivity contribution in [2.24, 2.45) is 17.4 Å². The van der Waals surface area contributed by atoms with Gasteiger partial charge in [-0.3, -0.25) is 9.59 Å². The average molecular weight is 300 g/mol. The van der Waals surface area contributed by atoms with E-state index in [2.05, 4.69) is 6.92 Å². The van der Waals surface area contributed by atoms with Crippen LogP contribution in [0.15, 0.2) is 0 Å². The van der Waals surface area contributed by atoms with Gasteiger partial charge < -0.3 is 16.6 Å². The third kappa shape index (κ3) is 10.4. The van der Waals surface area contributed by atoms with Crippen LogP contribution in [0.2, 0.25) is 0 Å². The molecule has 0 radical (unpaired) electrons. The van der Waals surface area contributed by atoms with Crippen molar-refractivity contribution in [3.63, 3.8) is 0 Å². The van der Waals surface area contributed by atoms with Crippen molar-refractivity contribution in [3.05, 3.63) is 0 Å². The van der Waals surface area contributed by atoms with Gasteiger partial charge in [-0.1, -0.05) is 32.6 Å². The Balaban J connectivity index is 0.000000384. The fraction of sp³-hybridized carbons (Fsp3) is 0.875. The number of Topliss-reactive ketones (excluding diaryl/α,β-unsaturated/α-hetero) is 1. The van der Waals surface area contributed by atoms with Crippen LogP contribution in [0.4, 0.5) is 0 Å². The van der Waals surface area contributed by atoms with Gasteiger partial charge in [0.1, 0.15) is 11.8 Å². The Morgan fingerprint density at radius 3 is 2.52 bits per heavy atom. The van der Waals surface area contributed by atoms with Crippen molar-refractivity contribution >= 4 is 11.8 Å². The van der Waals surface area contributed by atoms with E-state index in [-0.39, 0.29) is 0 Å². The number of carboxylic acids is 1. The maximum absolute atomic E-state index is 11.2. The number of hydrogen-bond donors (Lipinski definition) is 3. The van der Waals surface area contributed by atoms with Crippen molar-refractivity contribution in [2.45, 2.75) is 77.2 Å². The van der Waals surface area contributed by atoms with E-state index in [0.29, 0.717) is 24.7 Å². The zero-order chi connectivity index (χ0) is 16.1. The standard InChI is InChI=1S/C10H18O.C6H14N2O2/c1-2-3-4-6-9-7-5-8-10(9)11;7-4-2-1-3-5(8)6(9)10/h9H,2-8H2,1H3;5H,1-4,7-8H2,(H,9,10)/t;5-/m.0/s1. The summed E-state index contributed by atoms with van der Waals surface area (Å²) in [5, 5.41) is 8.33. The fourth-order valence-corrected chi connectivity index (χ4v) is 2.47. The smallest absolute Gasteiger partial charge is 0.320 e. The van der Waals surface area contributed by atoms with Gasteiger partial charge in [0.25, 0.3) is 0 Å². The number of carboxylic acid groups (broad SMARTS) is 1. The molecule has 0 aromatic heterocycles. The molecule has 2 atom stereocenters. The molecule has 0 aromatic rings. The van der Waals surface area contributed by atoms with E-state index in [1.807, 2.05) is 0 Å². The van der Waals surface area contributed by atoms with Gasteiger partial charge in [-0.05, 0) is 38.6 Å². The third-order valence-corrected chi connectivity index (χ3v) is 3.87. The van der Waals surface area contributed by atoms with Crippen LogP contribution in [0.25, 0.3) is 0 Å². The molecule has 0 heterocycles. The topological polar surface area (TPSA) is 106 Å². The normalized spacial score (nSPS) is 19.0. The molecule has 5 N–H and O–H groups in total. The van der Waals surface area contributed by atoms with E-state index >= 15 is 0 Å². The van der Waals surface area contributed by atoms with Gasteiger partial charge in [-0.2, -0.15) is 0 Å². The van der Waals surface area contributed by atoms with E-state index < -0.39 is 12.0 Å². The molecule has 0 aromatic carbocycles. The van der Waals surface area contributed by atoms with Gasteiger partial charge >= 0.3 is 5.97 Å². The highest BCUT2D eigenvalue weighted by Gasteiger charge is 2.23. The number of unbranched alkanes of at least 4 members (excludes halogenated alkanes) is 3. The summed E-state index contributed by atoms with van der Waals surface area (Å²) >= 11 is 0. The molecule has 0 amide bonds. The van der Waals surface area contributed by atoms with Crippen LogP contribution in [0.5, 0.6) is 0 Å². The molecule has 1 aliphatic rings. The molecule has 0 bridgehead atoms. The Bertz CT molecular complexity index is 295. The van der Waals surface area contributed by atoms with Gasteiger partial charge in [0.2, 0.25) is 0 Å². The second kappa shape index (κ2) is 12.8. The lowest BCUT2D eigenvalue weighted by atomic mass is 9.99. The van der Waals surface area contributed by atoms with Crippen molar-refractivity contribution in [1.82, 2.24) is 0 Å². The molecule has 0 saturated heterocycles. The maximum Gasteiger partial charge on any atom is 0.320 e. The zero-order valence-electron chi connectivity index (χ0n) is 13.4. The summed E-state index contributed by atoms with van der Waals surface area (Å²) in [5.41, 5.74) is 10.4. The Hall–Kier alpha value is -0.940. The van der Waals surface area contributed by atoms with E-state index in [4.69, 9.17) is 16.6 Å². The summed E-state index contributed by atoms with van der Waals surface area (Å²) in [7, 11) is 0. The first-order valence-corrected chi connectivity index (χ1v) is 8.24. The van der Waals surface area contributed by atoms with Gasteiger partial charge in [-0.25, -0.2) is 0 Å². The number of carbonyl (C=O) groups is 2. The summed E-state index contributed by atoms with van der Waals surface area (Å²) < 4.78 is 0. The highest BCUT2D eigenvalue weighted by Crippen LogP contribution is 2.25. The number of rotatable bonds is 9. The molecular weight excluding hydrogens is 268 g/mol. The van der Waals surface area contributed by atoms with Crippen LogP contribution in [0.3, 0.4) is 0 Å². The van der Waals surface area contributed by atoms with E-state index in [1.165, 1.54) is 25.7 Å². The summed E-state index contributed by atoms with van der Waals surface area (Å²) in [6, 6.07) is -0.716. The van der Waals surface area contributed by atoms with Crippen LogP contribution >= 0.6 is 0 Å². The first-order chi connectivity index (χ1) is 10.0. The van der Waals surface area contributed by atoms with E-state index in [1.54, 1.807) is 0 Å². The second-order valence-electron chi connectivity index (χ2n) is 5.78. The third-order valence-electron chi connectivity index (χ3n) is 3.87. The van der Waals surface area contributed by atoms with Crippen LogP contribution in [-0.4, -0.2) is 29.4 Å². The summed E-state index contributed by atoms with van der Waals surface area (Å²) in [4.78, 5) is 21.3. The molecule has 0 spiro atoms. The molecule has 1 rings (SSSR count). The monoisotopic (exact) mass is 300 g/mol. The van der Waals surface area contributed by atoms with E-state index in [9.17, 15) is 9.59 Å². The minimum atomic E-state index is -0.933. The molecule has 124 valence electrons. The Labute approximate surface area is 128 Å². The lowest BCUT2D eigenvalue weighted by Crippen LogP contribution is -2.29. The van der Waals surface area contributed by atoms with Crippen molar-refractivity contribution in [3.8, 4) is 0 Å². The minimum Gasteiger partial charge on any atom is -0.480 e. The van der Waals surface area contributed by atoms with Gasteiger partial charge in [-0.15, -0.1) is 0 Å². The molecule has 1 aliphatic carbocycles. The summed E-state index contributed by atoms with van der Waals surface area (Å²) in [5.74, 6) is 0.0414. The molecule has 5 nitrogen and oxygen atoms in total. The predicted molar refractivity (Wildman–Crippen MR) is 85.0 cm³/mol. The van der Waals surface area contributed by atoms with Gasteiger partial charge in [0, 0.05) is 12.3 Å². The number of hydrogen-bond acceptors (Lipinski definition) is 4. The van der Waals surface area contributed by atoms with Gasteiger partial charge in [0.15, 0.2) is 0 Å². The number of nitrogens with two attached hydrogens (primary N) is 2. The average Bonchev–Trinajstić information content (AvgIpc) is 2.85. The second-order valence-corrected chi connectivity index (χ2v) is 5.78. The molecule has 5 heteroatoms. The van der Waals surface area contributed by atoms with Crippen molar-refractivity contribution in [1.29, 1.82) is 0 Å². The fourth-order valence-electron chi connectivity index (χ4n) is 2.47. The Morgan fingerprint density at radius 2 is 2.05 bits per heavy atom. The first kappa shape index (κ1) is 20.1. The van der Waals surface area contributed by atoms with Crippen LogP contribution in [-0.2, 0) is 9.59 Å². The van der Waals surface area contributed by atoms with Crippen LogP contribution < -0.4 is 11.5 Å². The maximum atomic E-state index is 11.2. The summed E-state index contributed by atoms with van der Waals surface area (Å²) in [6.07, 6.45) is 10.3. The Morgan fingerprint density at radius 1 is 1.33 bits per heavy atom. The molecule has 21 heavy (non-hydrogen) atoms. The largest absolute Gasteiger partial charge is 0.480 e. The Kier molecular flexibility index (Phi) is 12.2. The lowest BCUT2D eigenvalue weighted by Gasteiger charge is -2.05. The molecule has 1 fully saturated rings. The number of ketones is 1. The summed E-state index contributed by atoms with van der Waals surface area (Å²) in [6.45, 7) is 2.81. The molecule has 1 unspecified atom stereocenters. The van der Waals surface area contributed by atoms with Crippen LogP contribution in [0, 0.1) is 5.92 Å². The molecule has 0 aliphatic heterocycles. The number of carbonyl (C=O) groups excluding carboxylic acids is 1. The highest BCUT2D eigenvalue weighted by atomic mass is 16.4. The minimum absolute atomic E-state index is 0.446.